The number of benzene rings is 4. The molecule has 4 rings (SSSR count). The second-order valence-corrected chi connectivity index (χ2v) is 15.3. The molecule has 0 spiro atoms. The molecule has 2 amide bonds. The molecular formula is C38H43Cl2N3O4S. The van der Waals surface area contributed by atoms with Crippen molar-refractivity contribution in [1.82, 2.24) is 10.2 Å². The summed E-state index contributed by atoms with van der Waals surface area (Å²) < 4.78 is 29.7. The highest BCUT2D eigenvalue weighted by atomic mass is 35.5. The van der Waals surface area contributed by atoms with E-state index in [1.807, 2.05) is 77.1 Å². The maximum absolute atomic E-state index is 14.7. The van der Waals surface area contributed by atoms with Crippen LogP contribution >= 0.6 is 23.2 Å². The Bertz CT molecular complexity index is 1780. The quantitative estimate of drug-likeness (QED) is 0.144. The number of halogens is 2. The van der Waals surface area contributed by atoms with Gasteiger partial charge in [0.1, 0.15) is 12.6 Å². The Morgan fingerprint density at radius 1 is 0.792 bits per heavy atom. The molecule has 10 heteroatoms. The van der Waals surface area contributed by atoms with Crippen molar-refractivity contribution < 1.29 is 18.0 Å². The molecule has 0 aliphatic heterocycles. The van der Waals surface area contributed by atoms with Crippen LogP contribution in [0.3, 0.4) is 0 Å². The highest BCUT2D eigenvalue weighted by molar-refractivity contribution is 7.92. The number of carbonyl (C=O) groups excluding carboxylic acids is 2. The Morgan fingerprint density at radius 2 is 1.40 bits per heavy atom. The van der Waals surface area contributed by atoms with Crippen molar-refractivity contribution >= 4 is 50.7 Å². The lowest BCUT2D eigenvalue weighted by Gasteiger charge is -2.34. The number of amides is 2. The van der Waals surface area contributed by atoms with Gasteiger partial charge < -0.3 is 10.2 Å². The molecule has 0 aromatic heterocycles. The van der Waals surface area contributed by atoms with Gasteiger partial charge in [-0.1, -0.05) is 117 Å². The summed E-state index contributed by atoms with van der Waals surface area (Å²) >= 11 is 13.2. The monoisotopic (exact) mass is 707 g/mol. The van der Waals surface area contributed by atoms with E-state index in [4.69, 9.17) is 23.2 Å². The van der Waals surface area contributed by atoms with Crippen LogP contribution in [0.15, 0.2) is 102 Å². The Kier molecular flexibility index (Phi) is 12.7. The smallest absolute Gasteiger partial charge is 0.264 e. The lowest BCUT2D eigenvalue weighted by Crippen LogP contribution is -2.53. The van der Waals surface area contributed by atoms with Gasteiger partial charge in [0.2, 0.25) is 11.8 Å². The zero-order chi connectivity index (χ0) is 35.0. The minimum atomic E-state index is -4.21. The zero-order valence-electron chi connectivity index (χ0n) is 28.0. The molecule has 0 saturated heterocycles. The fourth-order valence-electron chi connectivity index (χ4n) is 5.22. The zero-order valence-corrected chi connectivity index (χ0v) is 30.3. The molecule has 0 aliphatic rings. The highest BCUT2D eigenvalue weighted by Gasteiger charge is 2.35. The van der Waals surface area contributed by atoms with Crippen LogP contribution in [0.2, 0.25) is 10.0 Å². The molecule has 1 atom stereocenters. The summed E-state index contributed by atoms with van der Waals surface area (Å²) in [5.41, 5.74) is 3.54. The second kappa shape index (κ2) is 16.5. The minimum absolute atomic E-state index is 0.0463. The van der Waals surface area contributed by atoms with Gasteiger partial charge in [0.05, 0.1) is 10.6 Å². The van der Waals surface area contributed by atoms with Crippen LogP contribution in [-0.2, 0) is 32.6 Å². The van der Waals surface area contributed by atoms with Gasteiger partial charge in [-0.3, -0.25) is 13.9 Å². The highest BCUT2D eigenvalue weighted by Crippen LogP contribution is 2.30. The molecule has 7 nitrogen and oxygen atoms in total. The maximum Gasteiger partial charge on any atom is 0.264 e. The molecule has 0 unspecified atom stereocenters. The van der Waals surface area contributed by atoms with Gasteiger partial charge in [-0.15, -0.1) is 0 Å². The van der Waals surface area contributed by atoms with Crippen LogP contribution in [0.25, 0.3) is 0 Å². The van der Waals surface area contributed by atoms with E-state index in [2.05, 4.69) is 5.32 Å². The van der Waals surface area contributed by atoms with Gasteiger partial charge in [-0.05, 0) is 66.3 Å². The number of aryl methyl sites for hydroxylation is 1. The Hall–Kier alpha value is -3.85. The summed E-state index contributed by atoms with van der Waals surface area (Å²) in [5.74, 6) is -0.562. The molecule has 48 heavy (non-hydrogen) atoms. The average Bonchev–Trinajstić information content (AvgIpc) is 3.05. The lowest BCUT2D eigenvalue weighted by atomic mass is 10.0. The van der Waals surface area contributed by atoms with Crippen molar-refractivity contribution in [1.29, 1.82) is 0 Å². The van der Waals surface area contributed by atoms with Crippen LogP contribution in [-0.4, -0.2) is 44.3 Å². The summed E-state index contributed by atoms with van der Waals surface area (Å²) in [6, 6.07) is 27.1. The van der Waals surface area contributed by atoms with E-state index in [0.717, 1.165) is 21.0 Å². The first-order valence-electron chi connectivity index (χ1n) is 16.0. The first kappa shape index (κ1) is 37.0. The molecule has 0 heterocycles. The molecule has 0 bridgehead atoms. The van der Waals surface area contributed by atoms with Crippen LogP contribution < -0.4 is 9.62 Å². The molecule has 0 aliphatic carbocycles. The third kappa shape index (κ3) is 9.40. The first-order valence-corrected chi connectivity index (χ1v) is 18.2. The van der Waals surface area contributed by atoms with Crippen molar-refractivity contribution in [3.63, 3.8) is 0 Å². The van der Waals surface area contributed by atoms with Gasteiger partial charge >= 0.3 is 0 Å². The largest absolute Gasteiger partial charge is 0.354 e. The van der Waals surface area contributed by atoms with Gasteiger partial charge in [-0.2, -0.15) is 0 Å². The molecular weight excluding hydrogens is 665 g/mol. The fourth-order valence-corrected chi connectivity index (χ4v) is 7.15. The van der Waals surface area contributed by atoms with E-state index in [1.54, 1.807) is 42.5 Å². The van der Waals surface area contributed by atoms with E-state index in [9.17, 15) is 18.0 Å². The SMILES string of the molecule is Cc1ccc(S(=O)(=O)N(CC(=O)N(Cc2c(Cl)cccc2Cl)[C@H](Cc2ccccc2)C(=O)NCC(C)C)c2ccc(C(C)C)cc2)cc1. The van der Waals surface area contributed by atoms with Crippen molar-refractivity contribution in [3.05, 3.63) is 129 Å². The van der Waals surface area contributed by atoms with E-state index < -0.39 is 28.5 Å². The number of nitrogens with one attached hydrogen (secondary N) is 1. The normalized spacial score (nSPS) is 12.2. The van der Waals surface area contributed by atoms with Crippen LogP contribution in [0.4, 0.5) is 5.69 Å². The van der Waals surface area contributed by atoms with Crippen LogP contribution in [0, 0.1) is 12.8 Å². The number of nitrogens with zero attached hydrogens (tertiary/aromatic N) is 2. The third-order valence-corrected chi connectivity index (χ3v) is 10.6. The van der Waals surface area contributed by atoms with E-state index in [-0.39, 0.29) is 35.6 Å². The van der Waals surface area contributed by atoms with E-state index >= 15 is 0 Å². The first-order chi connectivity index (χ1) is 22.8. The van der Waals surface area contributed by atoms with Crippen LogP contribution in [0.1, 0.15) is 55.9 Å². The predicted octanol–water partition coefficient (Wildman–Crippen LogP) is 8.03. The Labute approximate surface area is 294 Å². The molecule has 1 N–H and O–H groups in total. The Morgan fingerprint density at radius 3 is 1.96 bits per heavy atom. The average molecular weight is 709 g/mol. The standard InChI is InChI=1S/C38H43Cl2N3O4S/c1-26(2)23-41-38(45)36(22-29-10-7-6-8-11-29)42(24-33-34(39)12-9-13-35(33)40)37(44)25-43(31-18-16-30(17-19-31)27(3)4)48(46,47)32-20-14-28(5)15-21-32/h6-21,26-27,36H,22-25H2,1-5H3,(H,41,45)/t36-/m1/s1. The number of hydrogen-bond donors (Lipinski definition) is 1. The molecule has 0 radical (unpaired) electrons. The summed E-state index contributed by atoms with van der Waals surface area (Å²) in [5, 5.41) is 3.64. The summed E-state index contributed by atoms with van der Waals surface area (Å²) in [6.45, 7) is 9.65. The van der Waals surface area contributed by atoms with Crippen molar-refractivity contribution in [2.75, 3.05) is 17.4 Å². The van der Waals surface area contributed by atoms with E-state index in [1.165, 1.54) is 17.0 Å². The topological polar surface area (TPSA) is 86.8 Å². The summed E-state index contributed by atoms with van der Waals surface area (Å²) in [6.07, 6.45) is 0.187. The predicted molar refractivity (Wildman–Crippen MR) is 195 cm³/mol. The van der Waals surface area contributed by atoms with Crippen LogP contribution in [0.5, 0.6) is 0 Å². The summed E-state index contributed by atoms with van der Waals surface area (Å²) in [4.78, 5) is 30.1. The van der Waals surface area contributed by atoms with Crippen molar-refractivity contribution in [2.24, 2.45) is 5.92 Å². The van der Waals surface area contributed by atoms with Gasteiger partial charge in [0, 0.05) is 35.1 Å². The molecule has 4 aromatic rings. The summed E-state index contributed by atoms with van der Waals surface area (Å²) in [7, 11) is -4.21. The number of rotatable bonds is 14. The molecule has 254 valence electrons. The minimum Gasteiger partial charge on any atom is -0.354 e. The second-order valence-electron chi connectivity index (χ2n) is 12.6. The van der Waals surface area contributed by atoms with Gasteiger partial charge in [0.25, 0.3) is 10.0 Å². The van der Waals surface area contributed by atoms with Crippen molar-refractivity contribution in [3.8, 4) is 0 Å². The number of hydrogen-bond acceptors (Lipinski definition) is 4. The van der Waals surface area contributed by atoms with Crippen molar-refractivity contribution in [2.45, 2.75) is 64.4 Å². The molecule has 0 saturated carbocycles. The number of sulfonamides is 1. The molecule has 0 fully saturated rings. The fraction of sp³-hybridized carbons (Fsp3) is 0.316. The Balaban J connectivity index is 1.84. The molecule has 4 aromatic carbocycles. The lowest BCUT2D eigenvalue weighted by molar-refractivity contribution is -0.140. The number of anilines is 1. The van der Waals surface area contributed by atoms with Gasteiger partial charge in [0.15, 0.2) is 0 Å². The maximum atomic E-state index is 14.7. The van der Waals surface area contributed by atoms with Gasteiger partial charge in [-0.25, -0.2) is 8.42 Å². The van der Waals surface area contributed by atoms with E-state index in [0.29, 0.717) is 27.8 Å². The number of carbonyl (C=O) groups is 2. The third-order valence-electron chi connectivity index (χ3n) is 8.08.